The maximum Gasteiger partial charge on any atom is 0.260 e. The van der Waals surface area contributed by atoms with Crippen molar-refractivity contribution in [2.45, 2.75) is 30.5 Å². The summed E-state index contributed by atoms with van der Waals surface area (Å²) < 4.78 is 29.6. The van der Waals surface area contributed by atoms with Crippen LogP contribution in [0.25, 0.3) is 0 Å². The Morgan fingerprint density at radius 3 is 2.96 bits per heavy atom. The van der Waals surface area contributed by atoms with Crippen molar-refractivity contribution in [2.24, 2.45) is 13.0 Å². The van der Waals surface area contributed by atoms with E-state index in [-0.39, 0.29) is 10.6 Å². The van der Waals surface area contributed by atoms with Crippen LogP contribution in [0.15, 0.2) is 35.7 Å². The molecule has 2 aromatic rings. The molecule has 1 saturated heterocycles. The van der Waals surface area contributed by atoms with E-state index in [1.165, 1.54) is 12.5 Å². The third-order valence-corrected chi connectivity index (χ3v) is 6.28. The van der Waals surface area contributed by atoms with Crippen LogP contribution in [0, 0.1) is 12.8 Å². The molecule has 128 valence electrons. The normalized spacial score (nSPS) is 26.5. The smallest absolute Gasteiger partial charge is 0.260 e. The Hall–Kier alpha value is -1.77. The van der Waals surface area contributed by atoms with E-state index in [1.54, 1.807) is 11.6 Å². The van der Waals surface area contributed by atoms with Gasteiger partial charge >= 0.3 is 0 Å². The zero-order chi connectivity index (χ0) is 16.9. The Balaban J connectivity index is 1.45. The number of piperidine rings is 1. The van der Waals surface area contributed by atoms with Crippen molar-refractivity contribution in [3.63, 3.8) is 0 Å². The summed E-state index contributed by atoms with van der Waals surface area (Å²) in [4.78, 5) is 10.8. The summed E-state index contributed by atoms with van der Waals surface area (Å²) in [6, 6.07) is 6.00. The second kappa shape index (κ2) is 5.37. The van der Waals surface area contributed by atoms with E-state index in [4.69, 9.17) is 0 Å². The summed E-state index contributed by atoms with van der Waals surface area (Å²) in [7, 11) is -1.81. The molecule has 0 bridgehead atoms. The van der Waals surface area contributed by atoms with E-state index in [2.05, 4.69) is 19.6 Å². The number of nitrogens with zero attached hydrogens (tertiary/aromatic N) is 4. The van der Waals surface area contributed by atoms with E-state index >= 15 is 0 Å². The summed E-state index contributed by atoms with van der Waals surface area (Å²) in [6.45, 7) is 4.36. The van der Waals surface area contributed by atoms with Gasteiger partial charge in [0.2, 0.25) is 0 Å². The molecule has 1 aliphatic heterocycles. The molecule has 0 spiro atoms. The van der Waals surface area contributed by atoms with Gasteiger partial charge in [0.25, 0.3) is 10.0 Å². The van der Waals surface area contributed by atoms with Gasteiger partial charge in [-0.2, -0.15) is 0 Å². The number of rotatable bonds is 5. The molecule has 3 heterocycles. The largest absolute Gasteiger partial charge is 0.339 e. The van der Waals surface area contributed by atoms with Crippen molar-refractivity contribution in [1.82, 2.24) is 24.2 Å². The van der Waals surface area contributed by atoms with Crippen LogP contribution in [-0.4, -0.2) is 46.5 Å². The molecule has 0 unspecified atom stereocenters. The lowest BCUT2D eigenvalue weighted by atomic mass is 10.2. The lowest BCUT2D eigenvalue weighted by Gasteiger charge is -2.21. The van der Waals surface area contributed by atoms with Crippen LogP contribution in [0.2, 0.25) is 0 Å². The minimum atomic E-state index is -3.57. The van der Waals surface area contributed by atoms with Gasteiger partial charge in [-0.3, -0.25) is 9.88 Å². The Bertz CT molecular complexity index is 878. The number of pyridine rings is 1. The molecule has 7 nitrogen and oxygen atoms in total. The predicted octanol–water partition coefficient (Wildman–Crippen LogP) is 0.676. The fourth-order valence-electron chi connectivity index (χ4n) is 3.63. The number of imidazole rings is 1. The molecule has 2 aromatic heterocycles. The molecule has 2 atom stereocenters. The average molecular weight is 347 g/mol. The summed E-state index contributed by atoms with van der Waals surface area (Å²) in [6.07, 6.45) is 3.93. The van der Waals surface area contributed by atoms with Gasteiger partial charge in [0, 0.05) is 38.6 Å². The fourth-order valence-corrected chi connectivity index (χ4v) is 5.08. The number of nitrogens with one attached hydrogen (secondary N) is 1. The first-order valence-electron chi connectivity index (χ1n) is 8.03. The van der Waals surface area contributed by atoms with Gasteiger partial charge in [0.15, 0.2) is 5.03 Å². The standard InChI is InChI=1S/C16H21N5O2S/c1-12-4-3-5-14(18-12)8-21-7-13-6-16(13,10-21)19-24(22,23)15-9-20(2)11-17-15/h3-5,9,11,13,19H,6-8,10H2,1-2H3/t13-,16+/m0/s1. The van der Waals surface area contributed by atoms with E-state index in [0.29, 0.717) is 5.92 Å². The maximum absolute atomic E-state index is 12.5. The Labute approximate surface area is 141 Å². The summed E-state index contributed by atoms with van der Waals surface area (Å²) in [5.41, 5.74) is 1.70. The van der Waals surface area contributed by atoms with Gasteiger partial charge in [0.05, 0.1) is 17.6 Å². The van der Waals surface area contributed by atoms with Crippen molar-refractivity contribution in [2.75, 3.05) is 13.1 Å². The number of hydrogen-bond acceptors (Lipinski definition) is 5. The SMILES string of the molecule is Cc1cccc(CN2C[C@@H]3C[C@@]3(NS(=O)(=O)c3cn(C)cn3)C2)n1. The second-order valence-corrected chi connectivity index (χ2v) is 8.61. The van der Waals surface area contributed by atoms with Crippen molar-refractivity contribution in [1.29, 1.82) is 0 Å². The predicted molar refractivity (Wildman–Crippen MR) is 88.6 cm³/mol. The highest BCUT2D eigenvalue weighted by Gasteiger charge is 2.61. The Kier molecular flexibility index (Phi) is 3.52. The van der Waals surface area contributed by atoms with Gasteiger partial charge in [-0.15, -0.1) is 0 Å². The second-order valence-electron chi connectivity index (χ2n) is 6.98. The van der Waals surface area contributed by atoms with E-state index in [0.717, 1.165) is 37.4 Å². The number of aryl methyl sites for hydroxylation is 2. The van der Waals surface area contributed by atoms with Crippen molar-refractivity contribution in [3.8, 4) is 0 Å². The zero-order valence-electron chi connectivity index (χ0n) is 13.8. The lowest BCUT2D eigenvalue weighted by Crippen LogP contribution is -2.42. The molecule has 2 fully saturated rings. The molecule has 1 aliphatic carbocycles. The molecular formula is C16H21N5O2S. The molecule has 8 heteroatoms. The fraction of sp³-hybridized carbons (Fsp3) is 0.500. The van der Waals surface area contributed by atoms with Crippen molar-refractivity contribution < 1.29 is 8.42 Å². The first-order valence-corrected chi connectivity index (χ1v) is 9.51. The minimum Gasteiger partial charge on any atom is -0.339 e. The van der Waals surface area contributed by atoms with Crippen LogP contribution in [0.5, 0.6) is 0 Å². The van der Waals surface area contributed by atoms with Gasteiger partial charge in [-0.05, 0) is 31.4 Å². The van der Waals surface area contributed by atoms with E-state index in [9.17, 15) is 8.42 Å². The molecule has 1 saturated carbocycles. The van der Waals surface area contributed by atoms with E-state index < -0.39 is 10.0 Å². The van der Waals surface area contributed by atoms with E-state index in [1.807, 2.05) is 25.1 Å². The lowest BCUT2D eigenvalue weighted by molar-refractivity contribution is 0.283. The highest BCUT2D eigenvalue weighted by molar-refractivity contribution is 7.89. The van der Waals surface area contributed by atoms with Crippen LogP contribution in [0.4, 0.5) is 0 Å². The van der Waals surface area contributed by atoms with Crippen LogP contribution in [-0.2, 0) is 23.6 Å². The van der Waals surface area contributed by atoms with Crippen LogP contribution >= 0.6 is 0 Å². The van der Waals surface area contributed by atoms with Crippen LogP contribution in [0.1, 0.15) is 17.8 Å². The highest BCUT2D eigenvalue weighted by Crippen LogP contribution is 2.50. The Morgan fingerprint density at radius 2 is 2.25 bits per heavy atom. The van der Waals surface area contributed by atoms with Gasteiger partial charge in [-0.25, -0.2) is 18.1 Å². The average Bonchev–Trinajstić information content (AvgIpc) is 2.83. The molecule has 24 heavy (non-hydrogen) atoms. The molecule has 0 aromatic carbocycles. The third-order valence-electron chi connectivity index (χ3n) is 4.84. The molecular weight excluding hydrogens is 326 g/mol. The first kappa shape index (κ1) is 15.7. The number of hydrogen-bond donors (Lipinski definition) is 1. The first-order chi connectivity index (χ1) is 11.4. The van der Waals surface area contributed by atoms with Gasteiger partial charge in [-0.1, -0.05) is 6.07 Å². The van der Waals surface area contributed by atoms with Crippen LogP contribution in [0.3, 0.4) is 0 Å². The highest BCUT2D eigenvalue weighted by atomic mass is 32.2. The summed E-state index contributed by atoms with van der Waals surface area (Å²) in [5, 5.41) is 0.0869. The maximum atomic E-state index is 12.5. The number of aromatic nitrogens is 3. The quantitative estimate of drug-likeness (QED) is 0.860. The topological polar surface area (TPSA) is 80.1 Å². The monoisotopic (exact) mass is 347 g/mol. The molecule has 1 N–H and O–H groups in total. The molecule has 4 rings (SSSR count). The number of likely N-dealkylation sites (tertiary alicyclic amines) is 1. The Morgan fingerprint density at radius 1 is 1.42 bits per heavy atom. The minimum absolute atomic E-state index is 0.0869. The van der Waals surface area contributed by atoms with Crippen molar-refractivity contribution in [3.05, 3.63) is 42.1 Å². The van der Waals surface area contributed by atoms with Gasteiger partial charge < -0.3 is 4.57 Å². The summed E-state index contributed by atoms with van der Waals surface area (Å²) >= 11 is 0. The van der Waals surface area contributed by atoms with Crippen LogP contribution < -0.4 is 4.72 Å². The summed E-state index contributed by atoms with van der Waals surface area (Å²) in [5.74, 6) is 0.376. The molecule has 2 aliphatic rings. The molecule has 0 radical (unpaired) electrons. The third kappa shape index (κ3) is 2.85. The molecule has 0 amide bonds. The number of sulfonamides is 1. The van der Waals surface area contributed by atoms with Gasteiger partial charge in [0.1, 0.15) is 0 Å². The van der Waals surface area contributed by atoms with Crippen molar-refractivity contribution >= 4 is 10.0 Å². The number of fused-ring (bicyclic) bond motifs is 1. The zero-order valence-corrected chi connectivity index (χ0v) is 14.6.